The van der Waals surface area contributed by atoms with Gasteiger partial charge in [-0.2, -0.15) is 0 Å². The van der Waals surface area contributed by atoms with Gasteiger partial charge < -0.3 is 20.7 Å². The quantitative estimate of drug-likeness (QED) is 0.689. The molecule has 0 aliphatic heterocycles. The van der Waals surface area contributed by atoms with Crippen LogP contribution in [0, 0.1) is 11.8 Å². The Labute approximate surface area is 134 Å². The van der Waals surface area contributed by atoms with Crippen LogP contribution in [0.3, 0.4) is 0 Å². The van der Waals surface area contributed by atoms with E-state index in [1.54, 1.807) is 14.1 Å². The molecule has 0 aromatic carbocycles. The molecule has 0 aliphatic rings. The summed E-state index contributed by atoms with van der Waals surface area (Å²) in [6.45, 7) is 10.3. The molecule has 0 spiro atoms. The number of ether oxygens (including phenoxy) is 1. The van der Waals surface area contributed by atoms with Gasteiger partial charge in [0, 0.05) is 39.6 Å². The van der Waals surface area contributed by atoms with E-state index in [2.05, 4.69) is 20.7 Å². The molecular formula is C15H33N3O4. The second-order valence-electron chi connectivity index (χ2n) is 4.92. The fraction of sp³-hybridized carbons (Fsp3) is 0.800. The van der Waals surface area contributed by atoms with Crippen molar-refractivity contribution >= 4 is 17.7 Å². The summed E-state index contributed by atoms with van der Waals surface area (Å²) in [6.07, 6.45) is 0. The minimum Gasteiger partial charge on any atom is -0.375 e. The standard InChI is InChI=1S/C6H13NO.C5H11NO.C4H9NO2/c1-4-7-6(8)5(2)3;1-4(2)5(7)6-3;1-5-4(6)3-7-2/h5H,4H2,1-3H3,(H,7,8);4H,1-3H3,(H,6,7);3H2,1-2H3,(H,5,6). The van der Waals surface area contributed by atoms with Crippen LogP contribution in [0.5, 0.6) is 0 Å². The first-order valence-corrected chi connectivity index (χ1v) is 7.36. The van der Waals surface area contributed by atoms with Gasteiger partial charge in [-0.15, -0.1) is 0 Å². The van der Waals surface area contributed by atoms with E-state index < -0.39 is 0 Å². The summed E-state index contributed by atoms with van der Waals surface area (Å²) in [5.74, 6) is 0.370. The lowest BCUT2D eigenvalue weighted by Crippen LogP contribution is -2.26. The molecule has 0 unspecified atom stereocenters. The van der Waals surface area contributed by atoms with Gasteiger partial charge in [0.2, 0.25) is 17.7 Å². The molecule has 7 heteroatoms. The summed E-state index contributed by atoms with van der Waals surface area (Å²) >= 11 is 0. The van der Waals surface area contributed by atoms with Gasteiger partial charge in [-0.25, -0.2) is 0 Å². The molecule has 7 nitrogen and oxygen atoms in total. The van der Waals surface area contributed by atoms with Crippen molar-refractivity contribution in [3.63, 3.8) is 0 Å². The minimum atomic E-state index is -0.0949. The third kappa shape index (κ3) is 20.7. The Hall–Kier alpha value is -1.63. The summed E-state index contributed by atoms with van der Waals surface area (Å²) in [5.41, 5.74) is 0. The van der Waals surface area contributed by atoms with Gasteiger partial charge in [-0.3, -0.25) is 14.4 Å². The van der Waals surface area contributed by atoms with Crippen molar-refractivity contribution in [2.24, 2.45) is 11.8 Å². The summed E-state index contributed by atoms with van der Waals surface area (Å²) in [4.78, 5) is 31.2. The highest BCUT2D eigenvalue weighted by atomic mass is 16.5. The molecule has 0 aromatic rings. The molecule has 0 saturated heterocycles. The van der Waals surface area contributed by atoms with Gasteiger partial charge >= 0.3 is 0 Å². The predicted octanol–water partition coefficient (Wildman–Crippen LogP) is 0.546. The van der Waals surface area contributed by atoms with Gasteiger partial charge in [0.15, 0.2) is 0 Å². The monoisotopic (exact) mass is 319 g/mol. The van der Waals surface area contributed by atoms with E-state index >= 15 is 0 Å². The minimum absolute atomic E-state index is 0.0949. The van der Waals surface area contributed by atoms with Crippen molar-refractivity contribution in [2.45, 2.75) is 34.6 Å². The van der Waals surface area contributed by atoms with E-state index in [0.29, 0.717) is 0 Å². The third-order valence-electron chi connectivity index (χ3n) is 2.20. The number of carbonyl (C=O) groups is 3. The fourth-order valence-electron chi connectivity index (χ4n) is 0.870. The second kappa shape index (κ2) is 17.4. The normalized spacial score (nSPS) is 9.00. The predicted molar refractivity (Wildman–Crippen MR) is 88.4 cm³/mol. The van der Waals surface area contributed by atoms with Crippen LogP contribution in [0.2, 0.25) is 0 Å². The van der Waals surface area contributed by atoms with Gasteiger partial charge in [-0.1, -0.05) is 27.7 Å². The van der Waals surface area contributed by atoms with E-state index in [-0.39, 0.29) is 36.2 Å². The number of hydrogen-bond donors (Lipinski definition) is 3. The van der Waals surface area contributed by atoms with Gasteiger partial charge in [-0.05, 0) is 6.92 Å². The molecule has 0 saturated carbocycles. The van der Waals surface area contributed by atoms with Crippen molar-refractivity contribution in [3.05, 3.63) is 0 Å². The molecule has 22 heavy (non-hydrogen) atoms. The number of amides is 3. The van der Waals surface area contributed by atoms with E-state index in [4.69, 9.17) is 0 Å². The Morgan fingerprint density at radius 1 is 0.909 bits per heavy atom. The van der Waals surface area contributed by atoms with Gasteiger partial charge in [0.25, 0.3) is 0 Å². The summed E-state index contributed by atoms with van der Waals surface area (Å²) in [7, 11) is 4.69. The third-order valence-corrected chi connectivity index (χ3v) is 2.20. The topological polar surface area (TPSA) is 96.5 Å². The molecule has 0 aliphatic carbocycles. The van der Waals surface area contributed by atoms with Crippen molar-refractivity contribution in [3.8, 4) is 0 Å². The Morgan fingerprint density at radius 3 is 1.45 bits per heavy atom. The smallest absolute Gasteiger partial charge is 0.245 e. The highest BCUT2D eigenvalue weighted by Gasteiger charge is 2.02. The molecule has 0 rings (SSSR count). The highest BCUT2D eigenvalue weighted by molar-refractivity contribution is 5.78. The molecule has 0 bridgehead atoms. The number of carbonyl (C=O) groups excluding carboxylic acids is 3. The van der Waals surface area contributed by atoms with E-state index in [1.807, 2.05) is 34.6 Å². The van der Waals surface area contributed by atoms with Crippen molar-refractivity contribution < 1.29 is 19.1 Å². The van der Waals surface area contributed by atoms with Crippen LogP contribution in [0.1, 0.15) is 34.6 Å². The maximum atomic E-state index is 10.6. The number of methoxy groups -OCH3 is 1. The molecule has 0 aromatic heterocycles. The number of hydrogen-bond acceptors (Lipinski definition) is 4. The summed E-state index contributed by atoms with van der Waals surface area (Å²) < 4.78 is 4.48. The average Bonchev–Trinajstić information content (AvgIpc) is 2.47. The van der Waals surface area contributed by atoms with Crippen LogP contribution < -0.4 is 16.0 Å². The van der Waals surface area contributed by atoms with Crippen LogP contribution >= 0.6 is 0 Å². The van der Waals surface area contributed by atoms with Gasteiger partial charge in [0.1, 0.15) is 6.61 Å². The van der Waals surface area contributed by atoms with Crippen molar-refractivity contribution in [2.75, 3.05) is 34.4 Å². The first kappa shape index (κ1) is 25.3. The molecule has 3 N–H and O–H groups in total. The fourth-order valence-corrected chi connectivity index (χ4v) is 0.870. The molecule has 0 atom stereocenters. The maximum Gasteiger partial charge on any atom is 0.245 e. The first-order chi connectivity index (χ1) is 10.2. The summed E-state index contributed by atoms with van der Waals surface area (Å²) in [6, 6.07) is 0. The van der Waals surface area contributed by atoms with Crippen LogP contribution in [-0.2, 0) is 19.1 Å². The number of nitrogens with one attached hydrogen (secondary N) is 3. The largest absolute Gasteiger partial charge is 0.375 e. The lowest BCUT2D eigenvalue weighted by atomic mass is 10.2. The Balaban J connectivity index is -0.000000247. The summed E-state index contributed by atoms with van der Waals surface area (Å²) in [5, 5.41) is 7.63. The number of likely N-dealkylation sites (N-methyl/N-ethyl adjacent to an activating group) is 1. The molecule has 0 radical (unpaired) electrons. The Morgan fingerprint density at radius 2 is 1.36 bits per heavy atom. The zero-order chi connectivity index (χ0) is 18.1. The van der Waals surface area contributed by atoms with Crippen molar-refractivity contribution in [1.29, 1.82) is 0 Å². The van der Waals surface area contributed by atoms with Crippen LogP contribution in [0.25, 0.3) is 0 Å². The molecular weight excluding hydrogens is 286 g/mol. The molecule has 132 valence electrons. The first-order valence-electron chi connectivity index (χ1n) is 7.36. The molecule has 0 fully saturated rings. The Kier molecular flexibility index (Phi) is 20.1. The van der Waals surface area contributed by atoms with E-state index in [1.165, 1.54) is 7.11 Å². The zero-order valence-corrected chi connectivity index (χ0v) is 15.2. The van der Waals surface area contributed by atoms with Crippen molar-refractivity contribution in [1.82, 2.24) is 16.0 Å². The highest BCUT2D eigenvalue weighted by Crippen LogP contribution is 1.88. The lowest BCUT2D eigenvalue weighted by Gasteiger charge is -2.02. The second-order valence-corrected chi connectivity index (χ2v) is 4.92. The van der Waals surface area contributed by atoms with Crippen LogP contribution in [0.4, 0.5) is 0 Å². The van der Waals surface area contributed by atoms with Crippen LogP contribution in [-0.4, -0.2) is 52.1 Å². The Bertz CT molecular complexity index is 305. The van der Waals surface area contributed by atoms with Gasteiger partial charge in [0.05, 0.1) is 0 Å². The molecule has 0 heterocycles. The average molecular weight is 319 g/mol. The SMILES string of the molecule is CCNC(=O)C(C)C.CNC(=O)C(C)C.CNC(=O)COC. The van der Waals surface area contributed by atoms with Crippen LogP contribution in [0.15, 0.2) is 0 Å². The van der Waals surface area contributed by atoms with E-state index in [9.17, 15) is 14.4 Å². The lowest BCUT2D eigenvalue weighted by molar-refractivity contribution is -0.124. The molecule has 3 amide bonds. The van der Waals surface area contributed by atoms with E-state index in [0.717, 1.165) is 6.54 Å². The maximum absolute atomic E-state index is 10.6. The zero-order valence-electron chi connectivity index (χ0n) is 15.2. The number of rotatable bonds is 5.